The number of nitrogens with zero attached hydrogens (tertiary/aromatic N) is 5. The van der Waals surface area contributed by atoms with E-state index in [2.05, 4.69) is 20.6 Å². The van der Waals surface area contributed by atoms with Gasteiger partial charge in [-0.25, -0.2) is 9.98 Å². The van der Waals surface area contributed by atoms with E-state index in [1.165, 1.54) is 12.1 Å². The van der Waals surface area contributed by atoms with E-state index in [0.29, 0.717) is 0 Å². The summed E-state index contributed by atoms with van der Waals surface area (Å²) in [6, 6.07) is 5.22. The molecule has 0 aliphatic carbocycles. The van der Waals surface area contributed by atoms with Crippen LogP contribution in [0, 0.1) is 34.1 Å². The summed E-state index contributed by atoms with van der Waals surface area (Å²) in [5, 5.41) is 32.0. The number of pyridine rings is 1. The molecule has 0 fully saturated rings. The second-order valence-electron chi connectivity index (χ2n) is 5.82. The molecule has 0 spiro atoms. The summed E-state index contributed by atoms with van der Waals surface area (Å²) < 4.78 is 40.1. The first kappa shape index (κ1) is 19.3. The number of aromatic nitrogens is 1. The van der Waals surface area contributed by atoms with Gasteiger partial charge >= 0.3 is 6.18 Å². The van der Waals surface area contributed by atoms with Gasteiger partial charge in [0, 0.05) is 5.56 Å². The number of guanidine groups is 1. The lowest BCUT2D eigenvalue weighted by molar-refractivity contribution is -0.137. The fourth-order valence-electron chi connectivity index (χ4n) is 2.89. The molecule has 144 valence electrons. The van der Waals surface area contributed by atoms with E-state index in [0.717, 1.165) is 12.1 Å². The van der Waals surface area contributed by atoms with Crippen LogP contribution in [0.5, 0.6) is 0 Å². The number of nitriles is 3. The van der Waals surface area contributed by atoms with Crippen molar-refractivity contribution in [1.82, 2.24) is 10.3 Å². The van der Waals surface area contributed by atoms with Gasteiger partial charge in [0.2, 0.25) is 5.96 Å². The summed E-state index contributed by atoms with van der Waals surface area (Å²) in [6.07, 6.45) is -3.14. The molecule has 1 aromatic heterocycles. The van der Waals surface area contributed by atoms with E-state index in [1.807, 2.05) is 0 Å². The second kappa shape index (κ2) is 6.91. The SMILES string of the molecule is N#CNC1=NC(c2ccc(C#N)c(C(F)(F)F)c2)c2c(nc(N)c(C#N)c2N)N1. The molecule has 3 rings (SSSR count). The first-order chi connectivity index (χ1) is 13.7. The number of nitrogen functional groups attached to an aromatic ring is 2. The second-order valence-corrected chi connectivity index (χ2v) is 5.82. The Balaban J connectivity index is 2.29. The van der Waals surface area contributed by atoms with E-state index in [-0.39, 0.29) is 40.0 Å². The maximum absolute atomic E-state index is 13.4. The molecule has 1 aromatic carbocycles. The Morgan fingerprint density at radius 3 is 2.45 bits per heavy atom. The Hall–Kier alpha value is -4.50. The molecule has 1 aliphatic heterocycles. The number of nitrogens with two attached hydrogens (primary N) is 2. The number of aliphatic imine (C=N–C) groups is 1. The average molecular weight is 397 g/mol. The molecule has 0 amide bonds. The predicted octanol–water partition coefficient (Wildman–Crippen LogP) is 1.95. The van der Waals surface area contributed by atoms with E-state index < -0.39 is 23.3 Å². The van der Waals surface area contributed by atoms with Crippen molar-refractivity contribution in [2.45, 2.75) is 12.2 Å². The number of anilines is 3. The van der Waals surface area contributed by atoms with Gasteiger partial charge in [-0.3, -0.25) is 5.32 Å². The Morgan fingerprint density at radius 1 is 1.14 bits per heavy atom. The fourth-order valence-corrected chi connectivity index (χ4v) is 2.89. The number of alkyl halides is 3. The monoisotopic (exact) mass is 397 g/mol. The Kier molecular flexibility index (Phi) is 4.59. The fraction of sp³-hybridized carbons (Fsp3) is 0.118. The normalized spacial score (nSPS) is 15.0. The lowest BCUT2D eigenvalue weighted by atomic mass is 9.92. The molecule has 6 N–H and O–H groups in total. The molecule has 9 nitrogen and oxygen atoms in total. The van der Waals surface area contributed by atoms with Crippen molar-refractivity contribution in [3.8, 4) is 18.3 Å². The molecular weight excluding hydrogens is 387 g/mol. The summed E-state index contributed by atoms with van der Waals surface area (Å²) in [5.41, 5.74) is 9.93. The maximum Gasteiger partial charge on any atom is 0.417 e. The molecular formula is C17H10F3N9. The van der Waals surface area contributed by atoms with Crippen LogP contribution >= 0.6 is 0 Å². The van der Waals surface area contributed by atoms with E-state index >= 15 is 0 Å². The van der Waals surface area contributed by atoms with Gasteiger partial charge < -0.3 is 16.8 Å². The van der Waals surface area contributed by atoms with Gasteiger partial charge in [0.1, 0.15) is 29.3 Å². The lowest BCUT2D eigenvalue weighted by Crippen LogP contribution is -2.32. The van der Waals surface area contributed by atoms with Crippen LogP contribution in [0.2, 0.25) is 0 Å². The molecule has 0 bridgehead atoms. The largest absolute Gasteiger partial charge is 0.417 e. The first-order valence-corrected chi connectivity index (χ1v) is 7.81. The summed E-state index contributed by atoms with van der Waals surface area (Å²) in [4.78, 5) is 8.20. The highest BCUT2D eigenvalue weighted by Crippen LogP contribution is 2.42. The van der Waals surface area contributed by atoms with Crippen LogP contribution in [0.4, 0.5) is 30.5 Å². The van der Waals surface area contributed by atoms with E-state index in [1.54, 1.807) is 12.3 Å². The van der Waals surface area contributed by atoms with Crippen molar-refractivity contribution in [2.75, 3.05) is 16.8 Å². The van der Waals surface area contributed by atoms with Crippen molar-refractivity contribution in [1.29, 1.82) is 15.8 Å². The van der Waals surface area contributed by atoms with Crippen molar-refractivity contribution in [3.63, 3.8) is 0 Å². The van der Waals surface area contributed by atoms with Crippen LogP contribution in [0.3, 0.4) is 0 Å². The van der Waals surface area contributed by atoms with Crippen molar-refractivity contribution < 1.29 is 13.2 Å². The molecule has 2 heterocycles. The van der Waals surface area contributed by atoms with Gasteiger partial charge in [0.05, 0.1) is 22.9 Å². The number of benzene rings is 1. The van der Waals surface area contributed by atoms with Crippen LogP contribution in [0.15, 0.2) is 23.2 Å². The van der Waals surface area contributed by atoms with Crippen LogP contribution in [-0.4, -0.2) is 10.9 Å². The third kappa shape index (κ3) is 3.29. The molecule has 0 saturated carbocycles. The molecule has 1 atom stereocenters. The minimum absolute atomic E-state index is 0.0264. The molecule has 1 unspecified atom stereocenters. The van der Waals surface area contributed by atoms with Crippen LogP contribution in [-0.2, 0) is 6.18 Å². The highest BCUT2D eigenvalue weighted by Gasteiger charge is 2.36. The summed E-state index contributed by atoms with van der Waals surface area (Å²) >= 11 is 0. The van der Waals surface area contributed by atoms with Crippen molar-refractivity contribution >= 4 is 23.3 Å². The van der Waals surface area contributed by atoms with Gasteiger partial charge in [-0.2, -0.15) is 29.0 Å². The highest BCUT2D eigenvalue weighted by atomic mass is 19.4. The number of hydrogen-bond acceptors (Lipinski definition) is 9. The molecule has 1 aliphatic rings. The molecule has 0 saturated heterocycles. The number of halogens is 3. The van der Waals surface area contributed by atoms with Gasteiger partial charge in [-0.1, -0.05) is 6.07 Å². The van der Waals surface area contributed by atoms with Crippen molar-refractivity contribution in [2.24, 2.45) is 4.99 Å². The quantitative estimate of drug-likeness (QED) is 0.417. The lowest BCUT2D eigenvalue weighted by Gasteiger charge is -2.26. The van der Waals surface area contributed by atoms with E-state index in [4.69, 9.17) is 22.0 Å². The van der Waals surface area contributed by atoms with E-state index in [9.17, 15) is 18.4 Å². The van der Waals surface area contributed by atoms with Gasteiger partial charge in [-0.05, 0) is 17.7 Å². The Bertz CT molecular complexity index is 1160. The molecule has 12 heteroatoms. The van der Waals surface area contributed by atoms with Crippen LogP contribution in [0.1, 0.15) is 33.9 Å². The van der Waals surface area contributed by atoms with Crippen LogP contribution in [0.25, 0.3) is 0 Å². The summed E-state index contributed by atoms with van der Waals surface area (Å²) in [6.45, 7) is 0. The van der Waals surface area contributed by atoms with Gasteiger partial charge in [0.15, 0.2) is 6.19 Å². The topological polar surface area (TPSA) is 173 Å². The number of hydrogen-bond donors (Lipinski definition) is 4. The van der Waals surface area contributed by atoms with Crippen molar-refractivity contribution in [3.05, 3.63) is 46.0 Å². The minimum Gasteiger partial charge on any atom is -0.397 e. The summed E-state index contributed by atoms with van der Waals surface area (Å²) in [5.74, 6) is -0.252. The molecule has 29 heavy (non-hydrogen) atoms. The highest BCUT2D eigenvalue weighted by molar-refractivity contribution is 5.98. The average Bonchev–Trinajstić information content (AvgIpc) is 2.66. The van der Waals surface area contributed by atoms with Gasteiger partial charge in [0.25, 0.3) is 0 Å². The zero-order chi connectivity index (χ0) is 21.3. The Labute approximate surface area is 161 Å². The third-order valence-electron chi connectivity index (χ3n) is 4.14. The maximum atomic E-state index is 13.4. The number of rotatable bonds is 1. The minimum atomic E-state index is -4.78. The Morgan fingerprint density at radius 2 is 1.86 bits per heavy atom. The molecule has 0 radical (unpaired) electrons. The zero-order valence-corrected chi connectivity index (χ0v) is 14.3. The van der Waals surface area contributed by atoms with Gasteiger partial charge in [-0.15, -0.1) is 0 Å². The summed E-state index contributed by atoms with van der Waals surface area (Å²) in [7, 11) is 0. The number of fused-ring (bicyclic) bond motifs is 1. The zero-order valence-electron chi connectivity index (χ0n) is 14.3. The standard InChI is InChI=1S/C17H10F3N9/c18-17(19,20)10-3-7(1-2-8(10)4-21)13-11-12(24)9(5-22)14(25)28-15(11)29-16(27-13)26-6-23/h1-3,13H,(H6,24,25,26,27,28,29). The smallest absolute Gasteiger partial charge is 0.397 e. The predicted molar refractivity (Wildman–Crippen MR) is 95.6 cm³/mol. The number of nitrogens with one attached hydrogen (secondary N) is 2. The van der Waals surface area contributed by atoms with Crippen LogP contribution < -0.4 is 22.1 Å². The third-order valence-corrected chi connectivity index (χ3v) is 4.14. The first-order valence-electron chi connectivity index (χ1n) is 7.81. The molecule has 2 aromatic rings.